The molecule has 170 valence electrons. The van der Waals surface area contributed by atoms with Gasteiger partial charge in [-0.25, -0.2) is 0 Å². The van der Waals surface area contributed by atoms with Crippen LogP contribution in [-0.4, -0.2) is 16.9 Å². The quantitative estimate of drug-likeness (QED) is 0.222. The third kappa shape index (κ3) is 7.58. The minimum atomic E-state index is 0.0519. The van der Waals surface area contributed by atoms with E-state index in [-0.39, 0.29) is 18.0 Å². The molecule has 0 aromatic heterocycles. The highest BCUT2D eigenvalue weighted by Crippen LogP contribution is 2.35. The lowest BCUT2D eigenvalue weighted by Gasteiger charge is -2.32. The summed E-state index contributed by atoms with van der Waals surface area (Å²) in [6.45, 7) is 4.39. The molecule has 0 aromatic rings. The average molecular weight is 480 g/mol. The summed E-state index contributed by atoms with van der Waals surface area (Å²) in [6, 6.07) is 0. The van der Waals surface area contributed by atoms with Gasteiger partial charge in [0.25, 0.3) is 0 Å². The smallest absolute Gasteiger partial charge is 0.309 e. The zero-order chi connectivity index (χ0) is 21.3. The third-order valence-electron chi connectivity index (χ3n) is 7.98. The van der Waals surface area contributed by atoms with Crippen LogP contribution in [-0.2, 0) is 9.53 Å². The van der Waals surface area contributed by atoms with E-state index in [1.54, 1.807) is 0 Å². The van der Waals surface area contributed by atoms with Crippen molar-refractivity contribution in [1.29, 1.82) is 0 Å². The second-order valence-corrected chi connectivity index (χ2v) is 11.7. The minimum absolute atomic E-state index is 0.0519. The van der Waals surface area contributed by atoms with Gasteiger partial charge in [0.2, 0.25) is 0 Å². The zero-order valence-corrected chi connectivity index (χ0v) is 20.9. The van der Waals surface area contributed by atoms with Crippen LogP contribution < -0.4 is 0 Å². The summed E-state index contributed by atoms with van der Waals surface area (Å²) in [4.78, 5) is 13.3. The number of esters is 1. The maximum Gasteiger partial charge on any atom is 0.309 e. The number of halogens is 1. The van der Waals surface area contributed by atoms with Gasteiger partial charge in [0.15, 0.2) is 0 Å². The molecule has 3 unspecified atom stereocenters. The lowest BCUT2D eigenvalue weighted by molar-refractivity contribution is -0.157. The molecule has 3 rings (SSSR count). The van der Waals surface area contributed by atoms with Crippen molar-refractivity contribution >= 4 is 21.9 Å². The van der Waals surface area contributed by atoms with Crippen LogP contribution in [0.2, 0.25) is 0 Å². The summed E-state index contributed by atoms with van der Waals surface area (Å²) in [7, 11) is 0. The van der Waals surface area contributed by atoms with Crippen molar-refractivity contribution in [2.24, 2.45) is 29.6 Å². The first kappa shape index (κ1) is 24.2. The number of alkyl halides is 1. The van der Waals surface area contributed by atoms with Crippen LogP contribution in [0, 0.1) is 41.4 Å². The van der Waals surface area contributed by atoms with Gasteiger partial charge < -0.3 is 4.74 Å². The number of hydrogen-bond acceptors (Lipinski definition) is 2. The first-order valence-electron chi connectivity index (χ1n) is 12.9. The molecular weight excluding hydrogens is 436 g/mol. The number of unbranched alkanes of at least 4 members (excludes halogenated alkanes) is 1. The Balaban J connectivity index is 1.35. The Hall–Kier alpha value is -0.490. The van der Waals surface area contributed by atoms with E-state index >= 15 is 0 Å². The van der Waals surface area contributed by atoms with Crippen LogP contribution >= 0.6 is 15.9 Å². The minimum Gasteiger partial charge on any atom is -0.462 e. The van der Waals surface area contributed by atoms with E-state index in [4.69, 9.17) is 4.74 Å². The van der Waals surface area contributed by atoms with Crippen LogP contribution in [0.3, 0.4) is 0 Å². The van der Waals surface area contributed by atoms with Crippen LogP contribution in [0.5, 0.6) is 0 Å². The highest BCUT2D eigenvalue weighted by molar-refractivity contribution is 9.09. The summed E-state index contributed by atoms with van der Waals surface area (Å²) in [6.07, 6.45) is 18.5. The van der Waals surface area contributed by atoms with E-state index in [1.165, 1.54) is 64.2 Å². The molecule has 0 spiro atoms. The molecule has 0 heterocycles. The molecule has 3 saturated carbocycles. The lowest BCUT2D eigenvalue weighted by atomic mass is 9.79. The molecule has 0 bridgehead atoms. The topological polar surface area (TPSA) is 26.3 Å². The van der Waals surface area contributed by atoms with Crippen molar-refractivity contribution in [3.05, 3.63) is 0 Å². The van der Waals surface area contributed by atoms with Gasteiger partial charge in [-0.2, -0.15) is 0 Å². The molecule has 30 heavy (non-hydrogen) atoms. The Kier molecular flexibility index (Phi) is 10.1. The molecule has 2 nitrogen and oxygen atoms in total. The zero-order valence-electron chi connectivity index (χ0n) is 19.3. The number of carbonyl (C=O) groups excluding carboxylic acids is 1. The fourth-order valence-corrected chi connectivity index (χ4v) is 6.57. The Bertz CT molecular complexity index is 575. The highest BCUT2D eigenvalue weighted by atomic mass is 79.9. The maximum atomic E-state index is 12.7. The molecule has 3 aliphatic carbocycles. The van der Waals surface area contributed by atoms with Gasteiger partial charge in [0, 0.05) is 16.7 Å². The van der Waals surface area contributed by atoms with Crippen molar-refractivity contribution < 1.29 is 9.53 Å². The predicted molar refractivity (Wildman–Crippen MR) is 128 cm³/mol. The van der Waals surface area contributed by atoms with Gasteiger partial charge >= 0.3 is 5.97 Å². The summed E-state index contributed by atoms with van der Waals surface area (Å²) in [5.74, 6) is 9.97. The standard InChI is InChI=1S/C27H43BrO2/c1-3-4-6-21-9-11-22(12-10-21)13-14-23-15-17-24(18-16-23)27(29)30-20(2)25-7-5-8-26(28)19-25/h20-26H,3-12,15-19H2,1-2H3. The second kappa shape index (κ2) is 12.5. The fourth-order valence-electron chi connectivity index (χ4n) is 5.77. The van der Waals surface area contributed by atoms with Crippen molar-refractivity contribution in [1.82, 2.24) is 0 Å². The molecule has 0 aromatic carbocycles. The van der Waals surface area contributed by atoms with E-state index in [0.717, 1.165) is 38.0 Å². The predicted octanol–water partition coefficient (Wildman–Crippen LogP) is 7.68. The van der Waals surface area contributed by atoms with E-state index in [2.05, 4.69) is 41.6 Å². The van der Waals surface area contributed by atoms with Gasteiger partial charge in [0.1, 0.15) is 6.10 Å². The molecule has 0 radical (unpaired) electrons. The highest BCUT2D eigenvalue weighted by Gasteiger charge is 2.31. The summed E-state index contributed by atoms with van der Waals surface area (Å²) < 4.78 is 5.91. The molecule has 0 saturated heterocycles. The van der Waals surface area contributed by atoms with Crippen molar-refractivity contribution in [2.45, 2.75) is 121 Å². The first-order valence-corrected chi connectivity index (χ1v) is 13.8. The molecule has 3 fully saturated rings. The number of hydrogen-bond donors (Lipinski definition) is 0. The van der Waals surface area contributed by atoms with E-state index in [1.807, 2.05) is 0 Å². The Labute approximate surface area is 193 Å². The number of carbonyl (C=O) groups is 1. The average Bonchev–Trinajstić information content (AvgIpc) is 2.77. The van der Waals surface area contributed by atoms with Gasteiger partial charge in [0.05, 0.1) is 5.92 Å². The monoisotopic (exact) mass is 478 g/mol. The van der Waals surface area contributed by atoms with Crippen LogP contribution in [0.25, 0.3) is 0 Å². The number of rotatable bonds is 6. The molecular formula is C27H43BrO2. The largest absolute Gasteiger partial charge is 0.462 e. The van der Waals surface area contributed by atoms with Crippen molar-refractivity contribution in [3.8, 4) is 11.8 Å². The molecule has 0 amide bonds. The summed E-state index contributed by atoms with van der Waals surface area (Å²) in [5.41, 5.74) is 0. The fraction of sp³-hybridized carbons (Fsp3) is 0.889. The molecule has 3 heteroatoms. The maximum absolute atomic E-state index is 12.7. The second-order valence-electron chi connectivity index (χ2n) is 10.4. The van der Waals surface area contributed by atoms with Crippen molar-refractivity contribution in [2.75, 3.05) is 0 Å². The SMILES string of the molecule is CCCCC1CCC(C#CC2CCC(C(=O)OC(C)C3CCCC(Br)C3)CC2)CC1. The van der Waals surface area contributed by atoms with E-state index in [0.29, 0.717) is 22.6 Å². The van der Waals surface area contributed by atoms with Gasteiger partial charge in [-0.05, 0) is 89.4 Å². The Morgan fingerprint density at radius 1 is 0.967 bits per heavy atom. The number of ether oxygens (including phenoxy) is 1. The molecule has 3 atom stereocenters. The first-order chi connectivity index (χ1) is 14.5. The molecule has 3 aliphatic rings. The van der Waals surface area contributed by atoms with E-state index < -0.39 is 0 Å². The lowest BCUT2D eigenvalue weighted by Crippen LogP contribution is -2.32. The normalized spacial score (nSPS) is 35.7. The van der Waals surface area contributed by atoms with Crippen LogP contribution in [0.1, 0.15) is 110 Å². The Morgan fingerprint density at radius 3 is 2.20 bits per heavy atom. The van der Waals surface area contributed by atoms with Gasteiger partial charge in [-0.1, -0.05) is 60.4 Å². The third-order valence-corrected chi connectivity index (χ3v) is 8.81. The van der Waals surface area contributed by atoms with E-state index in [9.17, 15) is 4.79 Å². The van der Waals surface area contributed by atoms with Crippen LogP contribution in [0.15, 0.2) is 0 Å². The molecule has 0 N–H and O–H groups in total. The van der Waals surface area contributed by atoms with Gasteiger partial charge in [-0.3, -0.25) is 4.79 Å². The molecule has 0 aliphatic heterocycles. The van der Waals surface area contributed by atoms with Crippen molar-refractivity contribution in [3.63, 3.8) is 0 Å². The Morgan fingerprint density at radius 2 is 1.60 bits per heavy atom. The summed E-state index contributed by atoms with van der Waals surface area (Å²) >= 11 is 3.75. The van der Waals surface area contributed by atoms with Crippen LogP contribution in [0.4, 0.5) is 0 Å². The van der Waals surface area contributed by atoms with Gasteiger partial charge in [-0.15, -0.1) is 0 Å². The summed E-state index contributed by atoms with van der Waals surface area (Å²) in [5, 5.41) is 0.